The molecule has 0 saturated heterocycles. The Kier molecular flexibility index (Phi) is 12.1. The average Bonchev–Trinajstić information content (AvgIpc) is 3.56. The molecule has 1 saturated carbocycles. The lowest BCUT2D eigenvalue weighted by Crippen LogP contribution is -2.54. The van der Waals surface area contributed by atoms with Gasteiger partial charge in [-0.1, -0.05) is 25.1 Å². The molecule has 2 rings (SSSR count). The van der Waals surface area contributed by atoms with Gasteiger partial charge in [-0.05, 0) is 89.0 Å². The van der Waals surface area contributed by atoms with Crippen LogP contribution in [0.5, 0.6) is 0 Å². The van der Waals surface area contributed by atoms with Crippen molar-refractivity contribution in [2.24, 2.45) is 5.92 Å². The van der Waals surface area contributed by atoms with E-state index in [1.54, 1.807) is 44.4 Å². The Morgan fingerprint density at radius 1 is 1.18 bits per heavy atom. The van der Waals surface area contributed by atoms with E-state index in [-0.39, 0.29) is 43.3 Å². The van der Waals surface area contributed by atoms with Gasteiger partial charge in [0.15, 0.2) is 0 Å². The zero-order chi connectivity index (χ0) is 29.3. The first-order valence-corrected chi connectivity index (χ1v) is 15.0. The summed E-state index contributed by atoms with van der Waals surface area (Å²) < 4.78 is 10.4. The maximum absolute atomic E-state index is 14.3. The number of nitrogens with one attached hydrogen (secondary N) is 2. The van der Waals surface area contributed by atoms with E-state index in [1.165, 1.54) is 0 Å². The fraction of sp³-hybridized carbons (Fsp3) is 0.655. The van der Waals surface area contributed by atoms with Crippen molar-refractivity contribution >= 4 is 35.6 Å². The predicted octanol–water partition coefficient (Wildman–Crippen LogP) is 4.30. The van der Waals surface area contributed by atoms with E-state index in [4.69, 9.17) is 9.47 Å². The number of carbonyl (C=O) groups excluding carboxylic acids is 4. The largest absolute Gasteiger partial charge is 0.466 e. The van der Waals surface area contributed by atoms with Crippen LogP contribution in [-0.2, 0) is 23.9 Å². The van der Waals surface area contributed by atoms with E-state index < -0.39 is 29.7 Å². The molecule has 1 aliphatic rings. The van der Waals surface area contributed by atoms with Gasteiger partial charge in [-0.2, -0.15) is 11.8 Å². The van der Waals surface area contributed by atoms with Crippen LogP contribution < -0.4 is 10.6 Å². The van der Waals surface area contributed by atoms with Crippen molar-refractivity contribution in [1.82, 2.24) is 15.5 Å². The minimum Gasteiger partial charge on any atom is -0.466 e. The quantitative estimate of drug-likeness (QED) is 0.344. The van der Waals surface area contributed by atoms with Crippen LogP contribution in [0.25, 0.3) is 0 Å². The van der Waals surface area contributed by atoms with Gasteiger partial charge in [0.1, 0.15) is 17.7 Å². The lowest BCUT2D eigenvalue weighted by atomic mass is 9.94. The Balaban J connectivity index is 2.46. The van der Waals surface area contributed by atoms with Crippen LogP contribution >= 0.6 is 11.8 Å². The summed E-state index contributed by atoms with van der Waals surface area (Å²) in [5.41, 5.74) is 1.91. The van der Waals surface area contributed by atoms with Crippen LogP contribution in [0, 0.1) is 19.8 Å². The van der Waals surface area contributed by atoms with E-state index >= 15 is 0 Å². The van der Waals surface area contributed by atoms with Crippen molar-refractivity contribution in [3.8, 4) is 0 Å². The Labute approximate surface area is 237 Å². The van der Waals surface area contributed by atoms with Crippen LogP contribution in [0.1, 0.15) is 76.6 Å². The molecule has 2 N–H and O–H groups in total. The van der Waals surface area contributed by atoms with Gasteiger partial charge in [-0.15, -0.1) is 0 Å². The van der Waals surface area contributed by atoms with Crippen molar-refractivity contribution in [3.63, 3.8) is 0 Å². The molecule has 3 amide bonds. The third-order valence-electron chi connectivity index (χ3n) is 6.68. The van der Waals surface area contributed by atoms with Crippen molar-refractivity contribution in [1.29, 1.82) is 0 Å². The molecule has 0 radical (unpaired) electrons. The standard InChI is InChI=1S/C29H45N3O6S/c1-9-37-24(33)13-15-30-26(34)25(21-12-10-11-18(2)20(21)4)32(23-17-19(23)3)27(35)22(14-16-39-8)31-28(36)38-29(5,6)7/h10-12,19,22-23,25H,9,13-17H2,1-8H3,(H,30,34)(H,31,36). The molecule has 4 atom stereocenters. The molecule has 1 aromatic rings. The zero-order valence-electron chi connectivity index (χ0n) is 24.6. The Bertz CT molecular complexity index is 1020. The van der Waals surface area contributed by atoms with Crippen LogP contribution in [0.3, 0.4) is 0 Å². The molecule has 39 heavy (non-hydrogen) atoms. The minimum absolute atomic E-state index is 0.0312. The highest BCUT2D eigenvalue weighted by Crippen LogP contribution is 2.41. The molecule has 0 spiro atoms. The Morgan fingerprint density at radius 2 is 1.85 bits per heavy atom. The monoisotopic (exact) mass is 563 g/mol. The van der Waals surface area contributed by atoms with Gasteiger partial charge in [-0.25, -0.2) is 4.79 Å². The molecule has 1 fully saturated rings. The van der Waals surface area contributed by atoms with Crippen molar-refractivity contribution in [2.75, 3.05) is 25.2 Å². The molecular formula is C29H45N3O6S. The normalized spacial score (nSPS) is 17.9. The third kappa shape index (κ3) is 9.74. The molecule has 10 heteroatoms. The number of hydrogen-bond donors (Lipinski definition) is 2. The number of carbonyl (C=O) groups is 4. The highest BCUT2D eigenvalue weighted by atomic mass is 32.2. The number of benzene rings is 1. The fourth-order valence-corrected chi connectivity index (χ4v) is 4.87. The number of nitrogens with zero attached hydrogens (tertiary/aromatic N) is 1. The number of hydrogen-bond acceptors (Lipinski definition) is 7. The van der Waals surface area contributed by atoms with Gasteiger partial charge in [-0.3, -0.25) is 14.4 Å². The second kappa shape index (κ2) is 14.6. The first kappa shape index (κ1) is 32.5. The summed E-state index contributed by atoms with van der Waals surface area (Å²) >= 11 is 1.57. The zero-order valence-corrected chi connectivity index (χ0v) is 25.4. The van der Waals surface area contributed by atoms with E-state index in [0.29, 0.717) is 12.2 Å². The lowest BCUT2D eigenvalue weighted by Gasteiger charge is -2.36. The number of esters is 1. The summed E-state index contributed by atoms with van der Waals surface area (Å²) in [7, 11) is 0. The average molecular weight is 564 g/mol. The molecule has 0 aromatic heterocycles. The Hall–Kier alpha value is -2.75. The summed E-state index contributed by atoms with van der Waals surface area (Å²) in [5.74, 6) is -0.252. The van der Waals surface area contributed by atoms with E-state index in [1.807, 2.05) is 45.2 Å². The summed E-state index contributed by atoms with van der Waals surface area (Å²) in [6.45, 7) is 13.3. The molecule has 0 aliphatic heterocycles. The Morgan fingerprint density at radius 3 is 2.41 bits per heavy atom. The topological polar surface area (TPSA) is 114 Å². The van der Waals surface area contributed by atoms with Crippen LogP contribution in [0.15, 0.2) is 18.2 Å². The van der Waals surface area contributed by atoms with Gasteiger partial charge < -0.3 is 25.0 Å². The third-order valence-corrected chi connectivity index (χ3v) is 7.32. The summed E-state index contributed by atoms with van der Waals surface area (Å²) in [6, 6.07) is 3.76. The molecule has 4 unspecified atom stereocenters. The van der Waals surface area contributed by atoms with Crippen LogP contribution in [0.2, 0.25) is 0 Å². The second-order valence-electron chi connectivity index (χ2n) is 11.0. The van der Waals surface area contributed by atoms with Crippen LogP contribution in [0.4, 0.5) is 4.79 Å². The highest BCUT2D eigenvalue weighted by molar-refractivity contribution is 7.98. The summed E-state index contributed by atoms with van der Waals surface area (Å²) in [5, 5.41) is 5.63. The fourth-order valence-electron chi connectivity index (χ4n) is 4.40. The van der Waals surface area contributed by atoms with E-state index in [9.17, 15) is 19.2 Å². The first-order valence-electron chi connectivity index (χ1n) is 13.6. The number of rotatable bonds is 13. The molecule has 1 aliphatic carbocycles. The highest BCUT2D eigenvalue weighted by Gasteiger charge is 2.48. The van der Waals surface area contributed by atoms with Gasteiger partial charge in [0.25, 0.3) is 0 Å². The molecule has 0 heterocycles. The molecular weight excluding hydrogens is 518 g/mol. The smallest absolute Gasteiger partial charge is 0.408 e. The minimum atomic E-state index is -0.924. The molecule has 218 valence electrons. The molecule has 0 bridgehead atoms. The predicted molar refractivity (Wildman–Crippen MR) is 153 cm³/mol. The SMILES string of the molecule is CCOC(=O)CCNC(=O)C(c1cccc(C)c1C)N(C(=O)C(CCSC)NC(=O)OC(C)(C)C)C1CC1C. The van der Waals surface area contributed by atoms with Gasteiger partial charge in [0.05, 0.1) is 13.0 Å². The number of ether oxygens (including phenoxy) is 2. The van der Waals surface area contributed by atoms with Crippen molar-refractivity contribution in [2.45, 2.75) is 91.5 Å². The van der Waals surface area contributed by atoms with Crippen LogP contribution in [-0.4, -0.2) is 71.6 Å². The number of thioether (sulfide) groups is 1. The molecule has 1 aromatic carbocycles. The number of alkyl carbamates (subject to hydrolysis) is 1. The number of amides is 3. The molecule has 9 nitrogen and oxygen atoms in total. The number of aryl methyl sites for hydroxylation is 1. The lowest BCUT2D eigenvalue weighted by molar-refractivity contribution is -0.145. The van der Waals surface area contributed by atoms with Gasteiger partial charge >= 0.3 is 12.1 Å². The summed E-state index contributed by atoms with van der Waals surface area (Å²) in [4.78, 5) is 54.3. The van der Waals surface area contributed by atoms with Gasteiger partial charge in [0, 0.05) is 12.6 Å². The summed E-state index contributed by atoms with van der Waals surface area (Å²) in [6.07, 6.45) is 2.44. The van der Waals surface area contributed by atoms with Crippen molar-refractivity contribution < 1.29 is 28.7 Å². The van der Waals surface area contributed by atoms with Crippen molar-refractivity contribution in [3.05, 3.63) is 34.9 Å². The van der Waals surface area contributed by atoms with E-state index in [2.05, 4.69) is 10.6 Å². The second-order valence-corrected chi connectivity index (χ2v) is 12.0. The van der Waals surface area contributed by atoms with Gasteiger partial charge in [0.2, 0.25) is 11.8 Å². The maximum atomic E-state index is 14.3. The first-order chi connectivity index (χ1) is 18.3. The maximum Gasteiger partial charge on any atom is 0.408 e. The van der Waals surface area contributed by atoms with E-state index in [0.717, 1.165) is 23.1 Å².